The lowest BCUT2D eigenvalue weighted by Crippen LogP contribution is -2.33. The zero-order valence-corrected chi connectivity index (χ0v) is 13.0. The second-order valence-corrected chi connectivity index (χ2v) is 5.80. The van der Waals surface area contributed by atoms with Gasteiger partial charge in [0.2, 0.25) is 5.91 Å². The van der Waals surface area contributed by atoms with Crippen LogP contribution in [0.5, 0.6) is 0 Å². The Labute approximate surface area is 126 Å². The van der Waals surface area contributed by atoms with Gasteiger partial charge in [0, 0.05) is 25.5 Å². The number of hydrogen-bond donors (Lipinski definition) is 1. The number of carbonyl (C=O) groups excluding carboxylic acids is 1. The maximum atomic E-state index is 11.8. The Kier molecular flexibility index (Phi) is 4.69. The summed E-state index contributed by atoms with van der Waals surface area (Å²) in [5, 5.41) is 9.56. The van der Waals surface area contributed by atoms with Crippen LogP contribution in [0.1, 0.15) is 10.7 Å². The van der Waals surface area contributed by atoms with Crippen molar-refractivity contribution >= 4 is 22.9 Å². The van der Waals surface area contributed by atoms with Crippen LogP contribution in [0.2, 0.25) is 0 Å². The van der Waals surface area contributed by atoms with Crippen molar-refractivity contribution in [3.8, 4) is 0 Å². The van der Waals surface area contributed by atoms with Gasteiger partial charge in [0.1, 0.15) is 6.54 Å². The van der Waals surface area contributed by atoms with Crippen LogP contribution < -0.4 is 15.8 Å². The van der Waals surface area contributed by atoms with E-state index >= 15 is 0 Å². The number of thiazole rings is 1. The van der Waals surface area contributed by atoms with Crippen molar-refractivity contribution in [1.82, 2.24) is 20.1 Å². The maximum absolute atomic E-state index is 11.8. The summed E-state index contributed by atoms with van der Waals surface area (Å²) in [6.45, 7) is 2.16. The van der Waals surface area contributed by atoms with Gasteiger partial charge < -0.3 is 10.2 Å². The molecule has 0 aliphatic heterocycles. The van der Waals surface area contributed by atoms with Crippen LogP contribution in [0.4, 0.5) is 5.69 Å². The van der Waals surface area contributed by atoms with E-state index in [-0.39, 0.29) is 18.0 Å². The molecule has 0 fully saturated rings. The van der Waals surface area contributed by atoms with Gasteiger partial charge in [-0.3, -0.25) is 9.59 Å². The van der Waals surface area contributed by atoms with E-state index in [1.165, 1.54) is 17.4 Å². The summed E-state index contributed by atoms with van der Waals surface area (Å²) in [5.41, 5.74) is 1.21. The molecule has 112 valence electrons. The van der Waals surface area contributed by atoms with Gasteiger partial charge in [0.15, 0.2) is 0 Å². The van der Waals surface area contributed by atoms with Crippen molar-refractivity contribution in [1.29, 1.82) is 0 Å². The first kappa shape index (κ1) is 15.2. The number of hydrogen-bond acceptors (Lipinski definition) is 6. The van der Waals surface area contributed by atoms with E-state index in [0.29, 0.717) is 12.2 Å². The standard InChI is InChI=1S/C13H17N5O2S/c1-9-16-10(8-21-9)5-14-12(19)7-18-13(20)4-11(6-15-18)17(2)3/h4,6,8H,5,7H2,1-3H3,(H,14,19). The molecule has 8 heteroatoms. The fourth-order valence-electron chi connectivity index (χ4n) is 1.66. The number of amides is 1. The average molecular weight is 307 g/mol. The van der Waals surface area contributed by atoms with E-state index in [4.69, 9.17) is 0 Å². The van der Waals surface area contributed by atoms with Crippen LogP contribution in [0.15, 0.2) is 22.4 Å². The van der Waals surface area contributed by atoms with Crippen LogP contribution in [-0.4, -0.2) is 34.8 Å². The highest BCUT2D eigenvalue weighted by Crippen LogP contribution is 2.07. The van der Waals surface area contributed by atoms with E-state index in [2.05, 4.69) is 15.4 Å². The van der Waals surface area contributed by atoms with Crippen LogP contribution >= 0.6 is 11.3 Å². The van der Waals surface area contributed by atoms with E-state index < -0.39 is 0 Å². The molecule has 0 atom stereocenters. The Hall–Kier alpha value is -2.22. The number of nitrogens with one attached hydrogen (secondary N) is 1. The highest BCUT2D eigenvalue weighted by Gasteiger charge is 2.08. The molecule has 2 aromatic heterocycles. The molecule has 2 aromatic rings. The van der Waals surface area contributed by atoms with Gasteiger partial charge in [-0.05, 0) is 6.92 Å². The molecule has 21 heavy (non-hydrogen) atoms. The maximum Gasteiger partial charge on any atom is 0.269 e. The quantitative estimate of drug-likeness (QED) is 0.864. The summed E-state index contributed by atoms with van der Waals surface area (Å²) in [6.07, 6.45) is 1.55. The van der Waals surface area contributed by atoms with Crippen LogP contribution in [0.25, 0.3) is 0 Å². The van der Waals surface area contributed by atoms with Gasteiger partial charge in [0.05, 0.1) is 29.1 Å². The van der Waals surface area contributed by atoms with Gasteiger partial charge in [-0.2, -0.15) is 5.10 Å². The van der Waals surface area contributed by atoms with E-state index in [0.717, 1.165) is 15.4 Å². The van der Waals surface area contributed by atoms with E-state index in [1.54, 1.807) is 11.1 Å². The Bertz CT molecular complexity index is 692. The predicted octanol–water partition coefficient (Wildman–Crippen LogP) is 0.391. The molecular formula is C13H17N5O2S. The summed E-state index contributed by atoms with van der Waals surface area (Å²) in [4.78, 5) is 29.7. The Morgan fingerprint density at radius 1 is 1.48 bits per heavy atom. The number of rotatable bonds is 5. The van der Waals surface area contributed by atoms with Crippen molar-refractivity contribution in [2.75, 3.05) is 19.0 Å². The van der Waals surface area contributed by atoms with Crippen molar-refractivity contribution in [2.45, 2.75) is 20.0 Å². The SMILES string of the molecule is Cc1nc(CNC(=O)Cn2ncc(N(C)C)cc2=O)cs1. The van der Waals surface area contributed by atoms with Crippen LogP contribution in [0.3, 0.4) is 0 Å². The monoisotopic (exact) mass is 307 g/mol. The summed E-state index contributed by atoms with van der Waals surface area (Å²) >= 11 is 1.53. The molecule has 0 saturated carbocycles. The molecule has 0 aliphatic rings. The zero-order valence-electron chi connectivity index (χ0n) is 12.2. The van der Waals surface area contributed by atoms with Gasteiger partial charge in [-0.1, -0.05) is 0 Å². The molecule has 0 spiro atoms. The third-order valence-electron chi connectivity index (χ3n) is 2.80. The second-order valence-electron chi connectivity index (χ2n) is 4.74. The lowest BCUT2D eigenvalue weighted by molar-refractivity contribution is -0.122. The second kappa shape index (κ2) is 6.49. The molecule has 7 nitrogen and oxygen atoms in total. The first-order chi connectivity index (χ1) is 9.95. The molecule has 2 rings (SSSR count). The Morgan fingerprint density at radius 3 is 2.81 bits per heavy atom. The zero-order chi connectivity index (χ0) is 15.4. The average Bonchev–Trinajstić information content (AvgIpc) is 2.84. The van der Waals surface area contributed by atoms with Crippen LogP contribution in [0, 0.1) is 6.92 Å². The normalized spacial score (nSPS) is 10.4. The van der Waals surface area contributed by atoms with Crippen molar-refractivity contribution in [3.05, 3.63) is 38.7 Å². The van der Waals surface area contributed by atoms with Crippen molar-refractivity contribution < 1.29 is 4.79 Å². The third kappa shape index (κ3) is 4.12. The highest BCUT2D eigenvalue weighted by atomic mass is 32.1. The fourth-order valence-corrected chi connectivity index (χ4v) is 2.27. The summed E-state index contributed by atoms with van der Waals surface area (Å²) in [6, 6.07) is 1.45. The van der Waals surface area contributed by atoms with Crippen LogP contribution in [-0.2, 0) is 17.9 Å². The predicted molar refractivity (Wildman–Crippen MR) is 81.5 cm³/mol. The van der Waals surface area contributed by atoms with E-state index in [1.807, 2.05) is 26.4 Å². The fraction of sp³-hybridized carbons (Fsp3) is 0.385. The summed E-state index contributed by atoms with van der Waals surface area (Å²) < 4.78 is 1.13. The first-order valence-electron chi connectivity index (χ1n) is 6.38. The molecule has 1 amide bonds. The smallest absolute Gasteiger partial charge is 0.269 e. The minimum Gasteiger partial charge on any atom is -0.376 e. The highest BCUT2D eigenvalue weighted by molar-refractivity contribution is 7.09. The molecular weight excluding hydrogens is 290 g/mol. The largest absolute Gasteiger partial charge is 0.376 e. The minimum atomic E-state index is -0.305. The molecule has 0 radical (unpaired) electrons. The number of aromatic nitrogens is 3. The number of anilines is 1. The topological polar surface area (TPSA) is 80.1 Å². The summed E-state index contributed by atoms with van der Waals surface area (Å²) in [5.74, 6) is -0.271. The molecule has 0 aromatic carbocycles. The molecule has 2 heterocycles. The van der Waals surface area contributed by atoms with Gasteiger partial charge in [0.25, 0.3) is 5.56 Å². The number of nitrogens with zero attached hydrogens (tertiary/aromatic N) is 4. The molecule has 0 saturated heterocycles. The van der Waals surface area contributed by atoms with Crippen molar-refractivity contribution in [3.63, 3.8) is 0 Å². The Morgan fingerprint density at radius 2 is 2.24 bits per heavy atom. The van der Waals surface area contributed by atoms with Gasteiger partial charge in [-0.15, -0.1) is 11.3 Å². The molecule has 0 bridgehead atoms. The molecule has 1 N–H and O–H groups in total. The minimum absolute atomic E-state index is 0.102. The lowest BCUT2D eigenvalue weighted by atomic mass is 10.4. The van der Waals surface area contributed by atoms with Crippen molar-refractivity contribution in [2.24, 2.45) is 0 Å². The lowest BCUT2D eigenvalue weighted by Gasteiger charge is -2.12. The first-order valence-corrected chi connectivity index (χ1v) is 7.26. The molecule has 0 aliphatic carbocycles. The number of aryl methyl sites for hydroxylation is 1. The summed E-state index contributed by atoms with van der Waals surface area (Å²) in [7, 11) is 3.65. The third-order valence-corrected chi connectivity index (χ3v) is 3.62. The Balaban J connectivity index is 1.95. The van der Waals surface area contributed by atoms with Gasteiger partial charge in [-0.25, -0.2) is 9.67 Å². The number of carbonyl (C=O) groups is 1. The van der Waals surface area contributed by atoms with Gasteiger partial charge >= 0.3 is 0 Å². The van der Waals surface area contributed by atoms with E-state index in [9.17, 15) is 9.59 Å². The molecule has 0 unspecified atom stereocenters.